The monoisotopic (exact) mass is 316 g/mol. The second kappa shape index (κ2) is 5.77. The minimum Gasteiger partial charge on any atom is -0.361 e. The number of nitrogens with one attached hydrogen (secondary N) is 1. The zero-order valence-corrected chi connectivity index (χ0v) is 13.2. The lowest BCUT2D eigenvalue weighted by molar-refractivity contribution is -0.117. The van der Waals surface area contributed by atoms with Crippen LogP contribution in [0.15, 0.2) is 61.1 Å². The summed E-state index contributed by atoms with van der Waals surface area (Å²) in [5.74, 6) is 0.0305. The van der Waals surface area contributed by atoms with Gasteiger partial charge in [-0.25, -0.2) is 0 Å². The molecular formula is C19H16N4O. The Morgan fingerprint density at radius 2 is 1.88 bits per heavy atom. The number of benzene rings is 2. The molecule has 0 unspecified atom stereocenters. The Morgan fingerprint density at radius 3 is 2.75 bits per heavy atom. The number of anilines is 1. The minimum atomic E-state index is 0.0305. The van der Waals surface area contributed by atoms with Crippen LogP contribution in [0, 0.1) is 0 Å². The molecule has 0 bridgehead atoms. The molecule has 0 saturated carbocycles. The van der Waals surface area contributed by atoms with Crippen molar-refractivity contribution in [3.8, 4) is 0 Å². The predicted octanol–water partition coefficient (Wildman–Crippen LogP) is 3.32. The molecular weight excluding hydrogens is 300 g/mol. The van der Waals surface area contributed by atoms with Crippen LogP contribution in [0.2, 0.25) is 0 Å². The summed E-state index contributed by atoms with van der Waals surface area (Å²) in [6.07, 6.45) is 5.56. The number of hydrogen-bond donors (Lipinski definition) is 1. The molecule has 24 heavy (non-hydrogen) atoms. The van der Waals surface area contributed by atoms with Crippen molar-refractivity contribution in [2.24, 2.45) is 0 Å². The molecule has 118 valence electrons. The predicted molar refractivity (Wildman–Crippen MR) is 95.0 cm³/mol. The van der Waals surface area contributed by atoms with Crippen LogP contribution in [0.4, 0.5) is 5.69 Å². The third kappa shape index (κ3) is 2.50. The van der Waals surface area contributed by atoms with E-state index in [1.165, 1.54) is 0 Å². The Morgan fingerprint density at radius 1 is 1.08 bits per heavy atom. The second-order valence-corrected chi connectivity index (χ2v) is 5.72. The molecule has 5 heteroatoms. The van der Waals surface area contributed by atoms with Gasteiger partial charge < -0.3 is 9.88 Å². The Hall–Kier alpha value is -3.21. The van der Waals surface area contributed by atoms with Gasteiger partial charge in [0.15, 0.2) is 0 Å². The Bertz CT molecular complexity index is 1040. The van der Waals surface area contributed by atoms with Crippen LogP contribution in [0.1, 0.15) is 5.56 Å². The van der Waals surface area contributed by atoms with Crippen LogP contribution in [0.5, 0.6) is 0 Å². The average Bonchev–Trinajstić information content (AvgIpc) is 3.03. The van der Waals surface area contributed by atoms with Crippen molar-refractivity contribution in [1.29, 1.82) is 0 Å². The summed E-state index contributed by atoms with van der Waals surface area (Å²) < 4.78 is 0. The molecule has 0 spiro atoms. The molecule has 0 radical (unpaired) electrons. The first kappa shape index (κ1) is 14.4. The number of amides is 1. The van der Waals surface area contributed by atoms with Gasteiger partial charge in [0, 0.05) is 42.2 Å². The van der Waals surface area contributed by atoms with E-state index in [0.29, 0.717) is 6.42 Å². The van der Waals surface area contributed by atoms with Crippen molar-refractivity contribution in [3.05, 3.63) is 66.6 Å². The number of likely N-dealkylation sites (N-methyl/N-ethyl adjacent to an activating group) is 1. The van der Waals surface area contributed by atoms with Gasteiger partial charge in [0.25, 0.3) is 0 Å². The largest absolute Gasteiger partial charge is 0.361 e. The second-order valence-electron chi connectivity index (χ2n) is 5.72. The highest BCUT2D eigenvalue weighted by Crippen LogP contribution is 2.22. The van der Waals surface area contributed by atoms with Crippen molar-refractivity contribution in [2.75, 3.05) is 11.9 Å². The smallest absolute Gasteiger partial charge is 0.231 e. The van der Waals surface area contributed by atoms with Crippen LogP contribution >= 0.6 is 0 Å². The van der Waals surface area contributed by atoms with Gasteiger partial charge in [-0.1, -0.05) is 18.2 Å². The van der Waals surface area contributed by atoms with Crippen molar-refractivity contribution in [1.82, 2.24) is 15.0 Å². The van der Waals surface area contributed by atoms with Gasteiger partial charge in [-0.15, -0.1) is 0 Å². The van der Waals surface area contributed by atoms with Crippen molar-refractivity contribution < 1.29 is 4.79 Å². The molecule has 2 aromatic carbocycles. The molecule has 2 heterocycles. The lowest BCUT2D eigenvalue weighted by Crippen LogP contribution is -2.27. The quantitative estimate of drug-likeness (QED) is 0.631. The van der Waals surface area contributed by atoms with Gasteiger partial charge in [0.1, 0.15) is 0 Å². The summed E-state index contributed by atoms with van der Waals surface area (Å²) in [5.41, 5.74) is 4.46. The first-order valence-corrected chi connectivity index (χ1v) is 7.75. The van der Waals surface area contributed by atoms with Gasteiger partial charge in [-0.2, -0.15) is 0 Å². The summed E-state index contributed by atoms with van der Waals surface area (Å²) in [7, 11) is 1.79. The summed E-state index contributed by atoms with van der Waals surface area (Å²) >= 11 is 0. The van der Waals surface area contributed by atoms with Crippen LogP contribution < -0.4 is 4.90 Å². The fourth-order valence-corrected chi connectivity index (χ4v) is 2.86. The van der Waals surface area contributed by atoms with E-state index in [2.05, 4.69) is 15.0 Å². The number of H-pyrrole nitrogens is 1. The van der Waals surface area contributed by atoms with E-state index < -0.39 is 0 Å². The summed E-state index contributed by atoms with van der Waals surface area (Å²) in [4.78, 5) is 26.1. The van der Waals surface area contributed by atoms with Crippen LogP contribution in [0.3, 0.4) is 0 Å². The molecule has 0 aliphatic heterocycles. The van der Waals surface area contributed by atoms with E-state index in [1.807, 2.05) is 48.7 Å². The minimum absolute atomic E-state index is 0.0305. The Balaban J connectivity index is 1.61. The Labute approximate surface area is 139 Å². The molecule has 1 amide bonds. The Kier molecular flexibility index (Phi) is 3.46. The van der Waals surface area contributed by atoms with Crippen molar-refractivity contribution in [2.45, 2.75) is 6.42 Å². The molecule has 0 fully saturated rings. The highest BCUT2D eigenvalue weighted by atomic mass is 16.2. The number of fused-ring (bicyclic) bond motifs is 2. The molecule has 0 aliphatic carbocycles. The highest BCUT2D eigenvalue weighted by molar-refractivity contribution is 5.98. The molecule has 0 aliphatic rings. The lowest BCUT2D eigenvalue weighted by Gasteiger charge is -2.17. The normalized spacial score (nSPS) is 11.0. The van der Waals surface area contributed by atoms with Crippen LogP contribution in [0.25, 0.3) is 21.9 Å². The van der Waals surface area contributed by atoms with Crippen LogP contribution in [-0.4, -0.2) is 27.9 Å². The number of hydrogen-bond acceptors (Lipinski definition) is 3. The van der Waals surface area contributed by atoms with Gasteiger partial charge in [0.05, 0.1) is 17.5 Å². The fraction of sp³-hybridized carbons (Fsp3) is 0.105. The molecule has 5 nitrogen and oxygen atoms in total. The number of carbonyl (C=O) groups is 1. The third-order valence-electron chi connectivity index (χ3n) is 4.23. The zero-order valence-electron chi connectivity index (χ0n) is 13.2. The molecule has 1 N–H and O–H groups in total. The van der Waals surface area contributed by atoms with E-state index >= 15 is 0 Å². The SMILES string of the molecule is CN(C(=O)Cc1c[nH]c2ccccc12)c1ccc2nccnc2c1. The highest BCUT2D eigenvalue weighted by Gasteiger charge is 2.14. The number of para-hydroxylation sites is 1. The first-order valence-electron chi connectivity index (χ1n) is 7.75. The molecule has 4 rings (SSSR count). The third-order valence-corrected chi connectivity index (χ3v) is 4.23. The maximum Gasteiger partial charge on any atom is 0.231 e. The van der Waals surface area contributed by atoms with E-state index in [1.54, 1.807) is 24.3 Å². The van der Waals surface area contributed by atoms with Crippen molar-refractivity contribution in [3.63, 3.8) is 0 Å². The average molecular weight is 316 g/mol. The van der Waals surface area contributed by atoms with E-state index in [4.69, 9.17) is 0 Å². The summed E-state index contributed by atoms with van der Waals surface area (Å²) in [5, 5.41) is 1.09. The van der Waals surface area contributed by atoms with Gasteiger partial charge in [-0.05, 0) is 29.8 Å². The number of nitrogens with zero attached hydrogens (tertiary/aromatic N) is 3. The molecule has 2 aromatic heterocycles. The summed E-state index contributed by atoms with van der Waals surface area (Å²) in [6, 6.07) is 13.7. The first-order chi connectivity index (χ1) is 11.7. The summed E-state index contributed by atoms with van der Waals surface area (Å²) in [6.45, 7) is 0. The fourth-order valence-electron chi connectivity index (χ4n) is 2.86. The number of aromatic amines is 1. The molecule has 0 atom stereocenters. The number of rotatable bonds is 3. The van der Waals surface area contributed by atoms with E-state index in [-0.39, 0.29) is 5.91 Å². The van der Waals surface area contributed by atoms with Crippen molar-refractivity contribution >= 4 is 33.5 Å². The van der Waals surface area contributed by atoms with Gasteiger partial charge in [0.2, 0.25) is 5.91 Å². The zero-order chi connectivity index (χ0) is 16.5. The van der Waals surface area contributed by atoms with Gasteiger partial charge >= 0.3 is 0 Å². The van der Waals surface area contributed by atoms with E-state index in [0.717, 1.165) is 33.2 Å². The maximum atomic E-state index is 12.7. The van der Waals surface area contributed by atoms with Gasteiger partial charge in [-0.3, -0.25) is 14.8 Å². The molecule has 0 saturated heterocycles. The maximum absolute atomic E-state index is 12.7. The molecule has 4 aromatic rings. The lowest BCUT2D eigenvalue weighted by atomic mass is 10.1. The number of aromatic nitrogens is 3. The topological polar surface area (TPSA) is 61.9 Å². The van der Waals surface area contributed by atoms with Crippen LogP contribution in [-0.2, 0) is 11.2 Å². The standard InChI is InChI=1S/C19H16N4O/c1-23(14-6-7-17-18(11-14)21-9-8-20-17)19(24)10-13-12-22-16-5-3-2-4-15(13)16/h2-9,11-12,22H,10H2,1H3. The number of carbonyl (C=O) groups excluding carboxylic acids is 1. The van der Waals surface area contributed by atoms with E-state index in [9.17, 15) is 4.79 Å².